The van der Waals surface area contributed by atoms with Crippen molar-refractivity contribution in [2.75, 3.05) is 6.26 Å². The molecule has 0 N–H and O–H groups in total. The lowest BCUT2D eigenvalue weighted by atomic mass is 10.2. The molecule has 1 aromatic heterocycles. The first-order valence-corrected chi connectivity index (χ1v) is 8.36. The van der Waals surface area contributed by atoms with E-state index in [9.17, 15) is 0 Å². The molecule has 0 aliphatic heterocycles. The molecule has 3 rings (SSSR count). The van der Waals surface area contributed by atoms with Crippen LogP contribution >= 0.6 is 23.5 Å². The summed E-state index contributed by atoms with van der Waals surface area (Å²) in [5.41, 5.74) is 2.26. The summed E-state index contributed by atoms with van der Waals surface area (Å²) in [6.45, 7) is 2.11. The third kappa shape index (κ3) is 2.81. The number of para-hydroxylation sites is 1. The van der Waals surface area contributed by atoms with Crippen LogP contribution in [0.5, 0.6) is 0 Å². The number of aromatic nitrogens is 2. The van der Waals surface area contributed by atoms with Gasteiger partial charge in [-0.15, -0.1) is 0 Å². The second-order valence-corrected chi connectivity index (χ2v) is 6.29. The lowest BCUT2D eigenvalue weighted by Gasteiger charge is -2.07. The fourth-order valence-electron chi connectivity index (χ4n) is 1.99. The number of hydrogen-bond acceptors (Lipinski definition) is 4. The van der Waals surface area contributed by atoms with Gasteiger partial charge >= 0.3 is 0 Å². The highest BCUT2D eigenvalue weighted by atomic mass is 32.2. The molecule has 0 radical (unpaired) electrons. The van der Waals surface area contributed by atoms with E-state index in [2.05, 4.69) is 47.2 Å². The van der Waals surface area contributed by atoms with E-state index in [-0.39, 0.29) is 0 Å². The van der Waals surface area contributed by atoms with E-state index in [0.717, 1.165) is 21.1 Å². The molecule has 0 saturated carbocycles. The minimum absolute atomic E-state index is 0.818. The standard InChI is InChI=1S/C16H14N2S2/c1-11-6-5-7-12(10-11)20-15-13-8-3-4-9-14(13)17-16(18-15)19-2/h3-10H,1-2H3. The van der Waals surface area contributed by atoms with Gasteiger partial charge in [0.15, 0.2) is 5.16 Å². The number of nitrogens with zero attached hydrogens (tertiary/aromatic N) is 2. The summed E-state index contributed by atoms with van der Waals surface area (Å²) in [5, 5.41) is 2.95. The maximum atomic E-state index is 4.66. The number of fused-ring (bicyclic) bond motifs is 1. The summed E-state index contributed by atoms with van der Waals surface area (Å²) in [6.07, 6.45) is 2.01. The lowest BCUT2D eigenvalue weighted by molar-refractivity contribution is 0.933. The minimum atomic E-state index is 0.818. The van der Waals surface area contributed by atoms with E-state index in [4.69, 9.17) is 0 Å². The Hall–Kier alpha value is -1.52. The molecular weight excluding hydrogens is 284 g/mol. The second kappa shape index (κ2) is 5.85. The third-order valence-electron chi connectivity index (χ3n) is 2.93. The van der Waals surface area contributed by atoms with Crippen LogP contribution in [0.1, 0.15) is 5.56 Å². The Kier molecular flexibility index (Phi) is 3.94. The molecule has 2 aromatic carbocycles. The van der Waals surface area contributed by atoms with Gasteiger partial charge in [-0.1, -0.05) is 59.4 Å². The van der Waals surface area contributed by atoms with Crippen LogP contribution in [-0.2, 0) is 0 Å². The zero-order valence-corrected chi connectivity index (χ0v) is 13.0. The summed E-state index contributed by atoms with van der Waals surface area (Å²) < 4.78 is 0. The Bertz CT molecular complexity index is 756. The summed E-state index contributed by atoms with van der Waals surface area (Å²) in [7, 11) is 0. The number of thioether (sulfide) groups is 1. The molecular formula is C16H14N2S2. The highest BCUT2D eigenvalue weighted by Gasteiger charge is 2.08. The molecule has 0 saturated heterocycles. The van der Waals surface area contributed by atoms with Crippen LogP contribution in [0.25, 0.3) is 10.9 Å². The Morgan fingerprint density at radius 1 is 0.950 bits per heavy atom. The predicted octanol–water partition coefficient (Wildman–Crippen LogP) is 4.81. The number of rotatable bonds is 3. The summed E-state index contributed by atoms with van der Waals surface area (Å²) >= 11 is 3.27. The first-order valence-electron chi connectivity index (χ1n) is 6.31. The minimum Gasteiger partial charge on any atom is -0.222 e. The van der Waals surface area contributed by atoms with Gasteiger partial charge in [0.25, 0.3) is 0 Å². The van der Waals surface area contributed by atoms with Gasteiger partial charge < -0.3 is 0 Å². The molecule has 0 amide bonds. The quantitative estimate of drug-likeness (QED) is 0.393. The number of hydrogen-bond donors (Lipinski definition) is 0. The summed E-state index contributed by atoms with van der Waals surface area (Å²) in [6, 6.07) is 16.7. The van der Waals surface area contributed by atoms with Crippen molar-refractivity contribution in [3.63, 3.8) is 0 Å². The van der Waals surface area contributed by atoms with Gasteiger partial charge in [0.05, 0.1) is 5.52 Å². The fraction of sp³-hybridized carbons (Fsp3) is 0.125. The molecule has 4 heteroatoms. The van der Waals surface area contributed by atoms with E-state index in [1.807, 2.05) is 24.5 Å². The maximum absolute atomic E-state index is 4.66. The van der Waals surface area contributed by atoms with Crippen molar-refractivity contribution < 1.29 is 0 Å². The number of aryl methyl sites for hydroxylation is 1. The molecule has 0 aliphatic carbocycles. The van der Waals surface area contributed by atoms with Crippen LogP contribution in [0, 0.1) is 6.92 Å². The van der Waals surface area contributed by atoms with E-state index in [1.54, 1.807) is 23.5 Å². The Labute approximate surface area is 127 Å². The van der Waals surface area contributed by atoms with Gasteiger partial charge in [-0.2, -0.15) is 0 Å². The Morgan fingerprint density at radius 2 is 1.80 bits per heavy atom. The smallest absolute Gasteiger partial charge is 0.188 e. The SMILES string of the molecule is CSc1nc(Sc2cccc(C)c2)c2ccccc2n1. The van der Waals surface area contributed by atoms with Gasteiger partial charge in [0.1, 0.15) is 5.03 Å². The molecule has 0 unspecified atom stereocenters. The Morgan fingerprint density at radius 3 is 2.60 bits per heavy atom. The van der Waals surface area contributed by atoms with E-state index < -0.39 is 0 Å². The molecule has 2 nitrogen and oxygen atoms in total. The zero-order valence-electron chi connectivity index (χ0n) is 11.3. The summed E-state index contributed by atoms with van der Waals surface area (Å²) in [4.78, 5) is 10.4. The van der Waals surface area contributed by atoms with Crippen LogP contribution < -0.4 is 0 Å². The first kappa shape index (κ1) is 13.5. The highest BCUT2D eigenvalue weighted by Crippen LogP contribution is 2.32. The van der Waals surface area contributed by atoms with Crippen LogP contribution in [0.3, 0.4) is 0 Å². The van der Waals surface area contributed by atoms with E-state index in [1.165, 1.54) is 10.5 Å². The van der Waals surface area contributed by atoms with Crippen molar-refractivity contribution in [1.29, 1.82) is 0 Å². The first-order chi connectivity index (χ1) is 9.76. The zero-order chi connectivity index (χ0) is 13.9. The molecule has 1 heterocycles. The van der Waals surface area contributed by atoms with Gasteiger partial charge in [0, 0.05) is 10.3 Å². The molecule has 0 spiro atoms. The molecule has 100 valence electrons. The van der Waals surface area contributed by atoms with Crippen molar-refractivity contribution in [1.82, 2.24) is 9.97 Å². The van der Waals surface area contributed by atoms with Gasteiger partial charge in [-0.25, -0.2) is 9.97 Å². The van der Waals surface area contributed by atoms with Crippen LogP contribution in [0.4, 0.5) is 0 Å². The highest BCUT2D eigenvalue weighted by molar-refractivity contribution is 7.99. The average molecular weight is 298 g/mol. The molecule has 0 aliphatic rings. The van der Waals surface area contributed by atoms with Crippen molar-refractivity contribution in [2.24, 2.45) is 0 Å². The van der Waals surface area contributed by atoms with Crippen LogP contribution in [0.15, 0.2) is 63.6 Å². The largest absolute Gasteiger partial charge is 0.222 e. The monoisotopic (exact) mass is 298 g/mol. The second-order valence-electron chi connectivity index (χ2n) is 4.45. The van der Waals surface area contributed by atoms with Crippen molar-refractivity contribution in [3.8, 4) is 0 Å². The maximum Gasteiger partial charge on any atom is 0.188 e. The van der Waals surface area contributed by atoms with Crippen molar-refractivity contribution >= 4 is 34.4 Å². The van der Waals surface area contributed by atoms with E-state index in [0.29, 0.717) is 0 Å². The van der Waals surface area contributed by atoms with Gasteiger partial charge in [-0.05, 0) is 31.4 Å². The molecule has 3 aromatic rings. The summed E-state index contributed by atoms with van der Waals surface area (Å²) in [5.74, 6) is 0. The normalized spacial score (nSPS) is 10.9. The molecule has 0 fully saturated rings. The predicted molar refractivity (Wildman–Crippen MR) is 86.6 cm³/mol. The fourth-order valence-corrected chi connectivity index (χ4v) is 3.45. The average Bonchev–Trinajstić information content (AvgIpc) is 2.47. The number of benzene rings is 2. The lowest BCUT2D eigenvalue weighted by Crippen LogP contribution is -1.91. The van der Waals surface area contributed by atoms with Crippen LogP contribution in [0.2, 0.25) is 0 Å². The van der Waals surface area contributed by atoms with E-state index >= 15 is 0 Å². The van der Waals surface area contributed by atoms with Crippen molar-refractivity contribution in [2.45, 2.75) is 22.0 Å². The van der Waals surface area contributed by atoms with Crippen molar-refractivity contribution in [3.05, 3.63) is 54.1 Å². The topological polar surface area (TPSA) is 25.8 Å². The third-order valence-corrected chi connectivity index (χ3v) is 4.48. The van der Waals surface area contributed by atoms with Crippen LogP contribution in [-0.4, -0.2) is 16.2 Å². The van der Waals surface area contributed by atoms with Gasteiger partial charge in [-0.3, -0.25) is 0 Å². The molecule has 0 atom stereocenters. The van der Waals surface area contributed by atoms with Gasteiger partial charge in [0.2, 0.25) is 0 Å². The Balaban J connectivity index is 2.10. The molecule has 20 heavy (non-hydrogen) atoms. The molecule has 0 bridgehead atoms.